The van der Waals surface area contributed by atoms with Crippen molar-refractivity contribution in [2.75, 3.05) is 26.2 Å². The Hall–Kier alpha value is -2.70. The van der Waals surface area contributed by atoms with E-state index in [9.17, 15) is 4.79 Å². The molecule has 1 amide bonds. The van der Waals surface area contributed by atoms with E-state index in [0.717, 1.165) is 62.6 Å². The van der Waals surface area contributed by atoms with E-state index >= 15 is 0 Å². The highest BCUT2D eigenvalue weighted by Gasteiger charge is 2.30. The van der Waals surface area contributed by atoms with Gasteiger partial charge in [0, 0.05) is 43.8 Å². The van der Waals surface area contributed by atoms with Crippen LogP contribution in [-0.4, -0.2) is 59.0 Å². The summed E-state index contributed by atoms with van der Waals surface area (Å²) < 4.78 is 6.00. The van der Waals surface area contributed by atoms with Crippen LogP contribution in [-0.2, 0) is 11.2 Å². The second kappa shape index (κ2) is 10.5. The second-order valence-electron chi connectivity index (χ2n) is 9.00. The summed E-state index contributed by atoms with van der Waals surface area (Å²) in [6.07, 6.45) is 6.80. The largest absolute Gasteiger partial charge is 0.467 e. The number of thiazole rings is 1. The molecule has 0 radical (unpaired) electrons. The molecule has 0 unspecified atom stereocenters. The quantitative estimate of drug-likeness (QED) is 0.525. The van der Waals surface area contributed by atoms with Crippen LogP contribution < -0.4 is 4.74 Å². The van der Waals surface area contributed by atoms with Gasteiger partial charge in [-0.1, -0.05) is 65.9 Å². The number of benzene rings is 2. The molecule has 1 aromatic heterocycles. The molecule has 0 aliphatic carbocycles. The summed E-state index contributed by atoms with van der Waals surface area (Å²) >= 11 is 1.56. The average molecular weight is 462 g/mol. The minimum absolute atomic E-state index is 0.247. The third-order valence-electron chi connectivity index (χ3n) is 6.90. The summed E-state index contributed by atoms with van der Waals surface area (Å²) in [7, 11) is 0. The van der Waals surface area contributed by atoms with E-state index in [4.69, 9.17) is 4.74 Å². The van der Waals surface area contributed by atoms with Gasteiger partial charge in [0.25, 0.3) is 5.19 Å². The lowest BCUT2D eigenvalue weighted by atomic mass is 9.98. The van der Waals surface area contributed by atoms with E-state index in [1.165, 1.54) is 11.1 Å². The predicted octanol–water partition coefficient (Wildman–Crippen LogP) is 4.89. The van der Waals surface area contributed by atoms with Gasteiger partial charge in [0.15, 0.2) is 0 Å². The zero-order chi connectivity index (χ0) is 22.5. The Labute approximate surface area is 200 Å². The SMILES string of the molecule is O=C(Cc1ccc(-c2ccccc2)cc1)N1CCC(N2CCC(Oc3nccs3)CC2)CC1. The fraction of sp³-hybridized carbons (Fsp3) is 0.407. The van der Waals surface area contributed by atoms with Crippen molar-refractivity contribution in [3.8, 4) is 16.3 Å². The van der Waals surface area contributed by atoms with Crippen LogP contribution in [0.4, 0.5) is 0 Å². The summed E-state index contributed by atoms with van der Waals surface area (Å²) in [5, 5.41) is 2.74. The molecule has 33 heavy (non-hydrogen) atoms. The Balaban J connectivity index is 1.06. The zero-order valence-electron chi connectivity index (χ0n) is 18.9. The molecule has 172 valence electrons. The van der Waals surface area contributed by atoms with Crippen LogP contribution >= 0.6 is 11.3 Å². The smallest absolute Gasteiger partial charge is 0.273 e. The highest BCUT2D eigenvalue weighted by atomic mass is 32.1. The molecule has 0 saturated carbocycles. The maximum Gasteiger partial charge on any atom is 0.273 e. The molecule has 6 heteroatoms. The maximum atomic E-state index is 12.9. The molecule has 2 aliphatic rings. The fourth-order valence-corrected chi connectivity index (χ4v) is 5.53. The lowest BCUT2D eigenvalue weighted by molar-refractivity contribution is -0.132. The number of amides is 1. The van der Waals surface area contributed by atoms with Crippen molar-refractivity contribution in [2.24, 2.45) is 0 Å². The van der Waals surface area contributed by atoms with E-state index in [2.05, 4.69) is 63.3 Å². The molecule has 0 spiro atoms. The lowest BCUT2D eigenvalue weighted by Crippen LogP contribution is -2.50. The Morgan fingerprint density at radius 3 is 2.27 bits per heavy atom. The second-order valence-corrected chi connectivity index (χ2v) is 9.86. The number of piperidine rings is 2. The number of rotatable bonds is 6. The molecule has 5 nitrogen and oxygen atoms in total. The minimum Gasteiger partial charge on any atom is -0.467 e. The number of carbonyl (C=O) groups is 1. The van der Waals surface area contributed by atoms with Crippen LogP contribution in [0.25, 0.3) is 11.1 Å². The summed E-state index contributed by atoms with van der Waals surface area (Å²) in [4.78, 5) is 21.8. The van der Waals surface area contributed by atoms with Crippen molar-refractivity contribution in [2.45, 2.75) is 44.2 Å². The molecule has 2 aliphatic heterocycles. The van der Waals surface area contributed by atoms with Crippen LogP contribution in [0.2, 0.25) is 0 Å². The van der Waals surface area contributed by atoms with Gasteiger partial charge in [-0.05, 0) is 42.4 Å². The molecule has 2 saturated heterocycles. The van der Waals surface area contributed by atoms with E-state index in [-0.39, 0.29) is 12.0 Å². The van der Waals surface area contributed by atoms with Crippen LogP contribution in [0.3, 0.4) is 0 Å². The number of carbonyl (C=O) groups excluding carboxylic acids is 1. The molecule has 3 aromatic rings. The Kier molecular flexibility index (Phi) is 7.03. The van der Waals surface area contributed by atoms with Crippen LogP contribution in [0, 0.1) is 0 Å². The van der Waals surface area contributed by atoms with Crippen molar-refractivity contribution >= 4 is 17.2 Å². The Bertz CT molecular complexity index is 1010. The number of hydrogen-bond acceptors (Lipinski definition) is 5. The predicted molar refractivity (Wildman–Crippen MR) is 133 cm³/mol. The van der Waals surface area contributed by atoms with Crippen LogP contribution in [0.5, 0.6) is 5.19 Å². The average Bonchev–Trinajstić information content (AvgIpc) is 3.39. The van der Waals surface area contributed by atoms with Crippen molar-refractivity contribution in [3.63, 3.8) is 0 Å². The topological polar surface area (TPSA) is 45.7 Å². The first-order chi connectivity index (χ1) is 16.2. The molecular weight excluding hydrogens is 430 g/mol. The number of ether oxygens (including phenoxy) is 1. The fourth-order valence-electron chi connectivity index (χ4n) is 4.98. The van der Waals surface area contributed by atoms with Crippen molar-refractivity contribution < 1.29 is 9.53 Å². The van der Waals surface area contributed by atoms with Gasteiger partial charge in [-0.3, -0.25) is 9.69 Å². The van der Waals surface area contributed by atoms with Crippen LogP contribution in [0.15, 0.2) is 66.2 Å². The van der Waals surface area contributed by atoms with Gasteiger partial charge in [0.1, 0.15) is 6.10 Å². The first-order valence-corrected chi connectivity index (χ1v) is 12.8. The first kappa shape index (κ1) is 22.1. The van der Waals surface area contributed by atoms with Crippen molar-refractivity contribution in [1.82, 2.24) is 14.8 Å². The molecule has 0 N–H and O–H groups in total. The van der Waals surface area contributed by atoms with Gasteiger partial charge in [0.2, 0.25) is 5.91 Å². The number of nitrogens with zero attached hydrogens (tertiary/aromatic N) is 3. The maximum absolute atomic E-state index is 12.9. The normalized spacial score (nSPS) is 18.4. The van der Waals surface area contributed by atoms with Crippen molar-refractivity contribution in [3.05, 3.63) is 71.7 Å². The van der Waals surface area contributed by atoms with E-state index in [1.54, 1.807) is 17.5 Å². The number of aromatic nitrogens is 1. The molecule has 2 aromatic carbocycles. The van der Waals surface area contributed by atoms with E-state index < -0.39 is 0 Å². The monoisotopic (exact) mass is 461 g/mol. The van der Waals surface area contributed by atoms with Gasteiger partial charge < -0.3 is 9.64 Å². The molecule has 2 fully saturated rings. The Morgan fingerprint density at radius 1 is 0.909 bits per heavy atom. The summed E-state index contributed by atoms with van der Waals surface area (Å²) in [6, 6.07) is 19.3. The van der Waals surface area contributed by atoms with Gasteiger partial charge in [-0.2, -0.15) is 0 Å². The van der Waals surface area contributed by atoms with E-state index in [0.29, 0.717) is 12.5 Å². The van der Waals surface area contributed by atoms with Gasteiger partial charge >= 0.3 is 0 Å². The third kappa shape index (κ3) is 5.63. The summed E-state index contributed by atoms with van der Waals surface area (Å²) in [5.41, 5.74) is 3.48. The standard InChI is InChI=1S/C27H31N3O2S/c31-26(20-21-6-8-23(9-7-21)22-4-2-1-3-5-22)30-15-10-24(11-16-30)29-17-12-25(13-18-29)32-27-28-14-19-33-27/h1-9,14,19,24-25H,10-13,15-18,20H2. The highest BCUT2D eigenvalue weighted by Crippen LogP contribution is 2.25. The number of likely N-dealkylation sites (tertiary alicyclic amines) is 2. The Morgan fingerprint density at radius 2 is 1.61 bits per heavy atom. The van der Waals surface area contributed by atoms with E-state index in [1.807, 2.05) is 11.4 Å². The van der Waals surface area contributed by atoms with Gasteiger partial charge in [-0.15, -0.1) is 0 Å². The molecular formula is C27H31N3O2S. The van der Waals surface area contributed by atoms with Crippen LogP contribution in [0.1, 0.15) is 31.2 Å². The lowest BCUT2D eigenvalue weighted by Gasteiger charge is -2.41. The molecule has 0 bridgehead atoms. The molecule has 5 rings (SSSR count). The minimum atomic E-state index is 0.247. The third-order valence-corrected chi connectivity index (χ3v) is 7.56. The van der Waals surface area contributed by atoms with Gasteiger partial charge in [0.05, 0.1) is 6.42 Å². The molecule has 3 heterocycles. The van der Waals surface area contributed by atoms with Crippen molar-refractivity contribution in [1.29, 1.82) is 0 Å². The number of hydrogen-bond donors (Lipinski definition) is 0. The summed E-state index contributed by atoms with van der Waals surface area (Å²) in [5.74, 6) is 0.247. The highest BCUT2D eigenvalue weighted by molar-refractivity contribution is 7.11. The van der Waals surface area contributed by atoms with Gasteiger partial charge in [-0.25, -0.2) is 4.98 Å². The first-order valence-electron chi connectivity index (χ1n) is 12.0. The molecule has 0 atom stereocenters. The zero-order valence-corrected chi connectivity index (χ0v) is 19.8. The summed E-state index contributed by atoms with van der Waals surface area (Å²) in [6.45, 7) is 3.87.